The van der Waals surface area contributed by atoms with E-state index < -0.39 is 0 Å². The zero-order valence-electron chi connectivity index (χ0n) is 16.1. The first-order valence-electron chi connectivity index (χ1n) is 10.3. The normalized spacial score (nSPS) is 30.4. The number of aryl methyl sites for hydroxylation is 1. The van der Waals surface area contributed by atoms with Gasteiger partial charge in [-0.15, -0.1) is 0 Å². The first-order chi connectivity index (χ1) is 13.5. The Labute approximate surface area is 170 Å². The number of benzene rings is 1. The van der Waals surface area contributed by atoms with E-state index in [2.05, 4.69) is 10.4 Å². The summed E-state index contributed by atoms with van der Waals surface area (Å²) in [5.41, 5.74) is 1.43. The molecule has 4 saturated carbocycles. The molecular weight excluding hydrogens is 374 g/mol. The average molecular weight is 400 g/mol. The Morgan fingerprint density at radius 3 is 2.57 bits per heavy atom. The van der Waals surface area contributed by atoms with Crippen LogP contribution in [0.5, 0.6) is 5.75 Å². The Bertz CT molecular complexity index is 866. The minimum atomic E-state index is -0.0566. The van der Waals surface area contributed by atoms with Gasteiger partial charge in [0.1, 0.15) is 11.4 Å². The fourth-order valence-corrected chi connectivity index (χ4v) is 6.08. The zero-order chi connectivity index (χ0) is 19.3. The third kappa shape index (κ3) is 3.41. The topological polar surface area (TPSA) is 56.1 Å². The second-order valence-electron chi connectivity index (χ2n) is 8.85. The lowest BCUT2D eigenvalue weighted by Gasteiger charge is -2.54. The van der Waals surface area contributed by atoms with Gasteiger partial charge in [-0.2, -0.15) is 5.10 Å². The molecule has 0 unspecified atom stereocenters. The summed E-state index contributed by atoms with van der Waals surface area (Å²) in [5.74, 6) is 3.85. The van der Waals surface area contributed by atoms with E-state index in [1.165, 1.54) is 32.1 Å². The van der Waals surface area contributed by atoms with E-state index in [1.807, 2.05) is 19.1 Å². The van der Waals surface area contributed by atoms with Crippen molar-refractivity contribution in [3.63, 3.8) is 0 Å². The molecule has 5 nitrogen and oxygen atoms in total. The molecule has 4 aliphatic rings. The number of ether oxygens (including phenoxy) is 1. The van der Waals surface area contributed by atoms with Gasteiger partial charge in [-0.25, -0.2) is 4.68 Å². The molecule has 0 radical (unpaired) electrons. The number of hydrogen-bond donors (Lipinski definition) is 1. The number of carbonyl (C=O) groups excluding carboxylic acids is 1. The SMILES string of the molecule is Cc1cc(Cl)ccc1OCn1ccc(C(=O)NC2C3CC4CC(C3)CC2C4)n1. The molecular formula is C22H26ClN3O2. The monoisotopic (exact) mass is 399 g/mol. The number of nitrogens with one attached hydrogen (secondary N) is 1. The number of nitrogens with zero attached hydrogens (tertiary/aromatic N) is 2. The smallest absolute Gasteiger partial charge is 0.272 e. The largest absolute Gasteiger partial charge is 0.471 e. The number of amides is 1. The standard InChI is InChI=1S/C22H26ClN3O2/c1-13-6-18(23)2-3-20(13)28-12-26-5-4-19(25-26)22(27)24-21-16-8-14-7-15(10-16)11-17(21)9-14/h2-6,14-17,21H,7-12H2,1H3,(H,24,27). The van der Waals surface area contributed by atoms with Crippen molar-refractivity contribution in [2.24, 2.45) is 23.7 Å². The van der Waals surface area contributed by atoms with Gasteiger partial charge in [0, 0.05) is 17.3 Å². The van der Waals surface area contributed by atoms with Crippen molar-refractivity contribution in [3.05, 3.63) is 46.7 Å². The quantitative estimate of drug-likeness (QED) is 0.808. The molecule has 1 N–H and O–H groups in total. The van der Waals surface area contributed by atoms with Crippen molar-refractivity contribution in [2.45, 2.75) is 51.8 Å². The van der Waals surface area contributed by atoms with Gasteiger partial charge in [-0.3, -0.25) is 4.79 Å². The van der Waals surface area contributed by atoms with E-state index in [1.54, 1.807) is 23.0 Å². The van der Waals surface area contributed by atoms with Crippen molar-refractivity contribution in [1.82, 2.24) is 15.1 Å². The summed E-state index contributed by atoms with van der Waals surface area (Å²) in [6.07, 6.45) is 8.38. The number of rotatable bonds is 5. The third-order valence-electron chi connectivity index (χ3n) is 6.89. The molecule has 6 heteroatoms. The molecule has 0 aliphatic heterocycles. The van der Waals surface area contributed by atoms with Gasteiger partial charge in [0.05, 0.1) is 0 Å². The van der Waals surface area contributed by atoms with Crippen molar-refractivity contribution in [3.8, 4) is 5.75 Å². The maximum Gasteiger partial charge on any atom is 0.272 e. The highest BCUT2D eigenvalue weighted by atomic mass is 35.5. The molecule has 148 valence electrons. The van der Waals surface area contributed by atoms with Gasteiger partial charge in [0.15, 0.2) is 6.73 Å². The Balaban J connectivity index is 1.20. The molecule has 4 bridgehead atoms. The lowest BCUT2D eigenvalue weighted by Crippen LogP contribution is -2.55. The van der Waals surface area contributed by atoms with Crippen LogP contribution in [0.1, 0.15) is 48.2 Å². The van der Waals surface area contributed by atoms with Crippen molar-refractivity contribution in [1.29, 1.82) is 0 Å². The summed E-state index contributed by atoms with van der Waals surface area (Å²) in [7, 11) is 0. The molecule has 1 aromatic heterocycles. The van der Waals surface area contributed by atoms with Crippen LogP contribution in [0.2, 0.25) is 5.02 Å². The van der Waals surface area contributed by atoms with Gasteiger partial charge in [-0.1, -0.05) is 11.6 Å². The highest BCUT2D eigenvalue weighted by Gasteiger charge is 2.48. The lowest BCUT2D eigenvalue weighted by molar-refractivity contribution is -0.0120. The van der Waals surface area contributed by atoms with Crippen molar-refractivity contribution < 1.29 is 9.53 Å². The molecule has 1 amide bonds. The molecule has 1 heterocycles. The summed E-state index contributed by atoms with van der Waals surface area (Å²) >= 11 is 5.98. The van der Waals surface area contributed by atoms with Crippen LogP contribution < -0.4 is 10.1 Å². The Morgan fingerprint density at radius 2 is 1.89 bits per heavy atom. The molecule has 4 fully saturated rings. The minimum Gasteiger partial charge on any atom is -0.471 e. The number of carbonyl (C=O) groups is 1. The molecule has 28 heavy (non-hydrogen) atoms. The summed E-state index contributed by atoms with van der Waals surface area (Å²) < 4.78 is 7.46. The van der Waals surface area contributed by atoms with Crippen LogP contribution in [0.15, 0.2) is 30.5 Å². The highest BCUT2D eigenvalue weighted by Crippen LogP contribution is 2.53. The van der Waals surface area contributed by atoms with Crippen LogP contribution in [0, 0.1) is 30.6 Å². The maximum absolute atomic E-state index is 12.8. The van der Waals surface area contributed by atoms with E-state index in [9.17, 15) is 4.79 Å². The molecule has 0 saturated heterocycles. The molecule has 2 aromatic rings. The number of halogens is 1. The third-order valence-corrected chi connectivity index (χ3v) is 7.12. The molecule has 0 spiro atoms. The van der Waals surface area contributed by atoms with E-state index in [4.69, 9.17) is 16.3 Å². The first-order valence-corrected chi connectivity index (χ1v) is 10.7. The van der Waals surface area contributed by atoms with Gasteiger partial charge in [0.25, 0.3) is 5.91 Å². The molecule has 0 atom stereocenters. The number of hydrogen-bond acceptors (Lipinski definition) is 3. The summed E-state index contributed by atoms with van der Waals surface area (Å²) in [6, 6.07) is 7.61. The zero-order valence-corrected chi connectivity index (χ0v) is 16.9. The fraction of sp³-hybridized carbons (Fsp3) is 0.545. The second kappa shape index (κ2) is 7.11. The van der Waals surface area contributed by atoms with Crippen LogP contribution in [0.3, 0.4) is 0 Å². The van der Waals surface area contributed by atoms with E-state index in [0.29, 0.717) is 28.6 Å². The van der Waals surface area contributed by atoms with E-state index >= 15 is 0 Å². The van der Waals surface area contributed by atoms with Gasteiger partial charge >= 0.3 is 0 Å². The second-order valence-corrected chi connectivity index (χ2v) is 9.29. The predicted molar refractivity (Wildman–Crippen MR) is 107 cm³/mol. The lowest BCUT2D eigenvalue weighted by atomic mass is 9.54. The Kier molecular flexibility index (Phi) is 4.58. The highest BCUT2D eigenvalue weighted by molar-refractivity contribution is 6.30. The predicted octanol–water partition coefficient (Wildman–Crippen LogP) is 4.44. The van der Waals surface area contributed by atoms with Crippen LogP contribution >= 0.6 is 11.6 Å². The van der Waals surface area contributed by atoms with Gasteiger partial charge < -0.3 is 10.1 Å². The first kappa shape index (κ1) is 18.0. The van der Waals surface area contributed by atoms with Crippen molar-refractivity contribution >= 4 is 17.5 Å². The van der Waals surface area contributed by atoms with E-state index in [-0.39, 0.29) is 12.6 Å². The summed E-state index contributed by atoms with van der Waals surface area (Å²) in [4.78, 5) is 12.8. The molecule has 6 rings (SSSR count). The summed E-state index contributed by atoms with van der Waals surface area (Å²) in [6.45, 7) is 2.21. The Hall–Kier alpha value is -2.01. The van der Waals surface area contributed by atoms with Crippen LogP contribution in [0.25, 0.3) is 0 Å². The average Bonchev–Trinajstić information content (AvgIpc) is 3.12. The fourth-order valence-electron chi connectivity index (χ4n) is 5.85. The number of aromatic nitrogens is 2. The van der Waals surface area contributed by atoms with Crippen LogP contribution in [-0.2, 0) is 6.73 Å². The van der Waals surface area contributed by atoms with Crippen LogP contribution in [-0.4, -0.2) is 21.7 Å². The van der Waals surface area contributed by atoms with Crippen molar-refractivity contribution in [2.75, 3.05) is 0 Å². The maximum atomic E-state index is 12.8. The molecule has 1 aromatic carbocycles. The Morgan fingerprint density at radius 1 is 1.18 bits per heavy atom. The van der Waals surface area contributed by atoms with Gasteiger partial charge in [0.2, 0.25) is 0 Å². The van der Waals surface area contributed by atoms with E-state index in [0.717, 1.165) is 23.1 Å². The minimum absolute atomic E-state index is 0.0566. The van der Waals surface area contributed by atoms with Crippen LogP contribution in [0.4, 0.5) is 0 Å². The molecule has 4 aliphatic carbocycles. The summed E-state index contributed by atoms with van der Waals surface area (Å²) in [5, 5.41) is 8.41. The van der Waals surface area contributed by atoms with Gasteiger partial charge in [-0.05, 0) is 92.5 Å².